The van der Waals surface area contributed by atoms with Gasteiger partial charge >= 0.3 is 6.18 Å². The van der Waals surface area contributed by atoms with E-state index in [1.807, 2.05) is 24.3 Å². The highest BCUT2D eigenvalue weighted by Crippen LogP contribution is 2.33. The van der Waals surface area contributed by atoms with Gasteiger partial charge in [0.15, 0.2) is 0 Å². The van der Waals surface area contributed by atoms with E-state index < -0.39 is 11.7 Å². The molecule has 0 saturated carbocycles. The van der Waals surface area contributed by atoms with E-state index >= 15 is 0 Å². The van der Waals surface area contributed by atoms with Crippen LogP contribution < -0.4 is 5.32 Å². The monoisotopic (exact) mass is 381 g/mol. The fourth-order valence-electron chi connectivity index (χ4n) is 3.99. The van der Waals surface area contributed by atoms with Crippen LogP contribution in [0.5, 0.6) is 0 Å². The quantitative estimate of drug-likeness (QED) is 0.541. The molecular weight excluding hydrogens is 359 g/mol. The maximum Gasteiger partial charge on any atom is 0.416 e. The second-order valence-corrected chi connectivity index (χ2v) is 7.26. The minimum Gasteiger partial charge on any atom is -0.306 e. The summed E-state index contributed by atoms with van der Waals surface area (Å²) >= 11 is 0. The van der Waals surface area contributed by atoms with Gasteiger partial charge in [-0.2, -0.15) is 13.2 Å². The van der Waals surface area contributed by atoms with Crippen molar-refractivity contribution < 1.29 is 13.2 Å². The van der Waals surface area contributed by atoms with Gasteiger partial charge in [0.2, 0.25) is 0 Å². The van der Waals surface area contributed by atoms with Crippen molar-refractivity contribution in [3.8, 4) is 11.1 Å². The van der Waals surface area contributed by atoms with Crippen LogP contribution in [0, 0.1) is 0 Å². The van der Waals surface area contributed by atoms with E-state index in [0.717, 1.165) is 48.1 Å². The Bertz CT molecular complexity index is 945. The van der Waals surface area contributed by atoms with Gasteiger partial charge in [-0.1, -0.05) is 60.7 Å². The molecule has 0 saturated heterocycles. The maximum atomic E-state index is 12.8. The molecule has 4 heteroatoms. The van der Waals surface area contributed by atoms with Crippen LogP contribution in [-0.4, -0.2) is 0 Å². The molecule has 0 bridgehead atoms. The topological polar surface area (TPSA) is 12.0 Å². The Morgan fingerprint density at radius 1 is 0.857 bits per heavy atom. The molecule has 28 heavy (non-hydrogen) atoms. The number of hydrogen-bond acceptors (Lipinski definition) is 1. The van der Waals surface area contributed by atoms with Crippen LogP contribution in [0.3, 0.4) is 0 Å². The molecule has 3 aromatic carbocycles. The lowest BCUT2D eigenvalue weighted by atomic mass is 9.87. The van der Waals surface area contributed by atoms with Crippen LogP contribution in [0.25, 0.3) is 11.1 Å². The van der Waals surface area contributed by atoms with E-state index in [2.05, 4.69) is 29.6 Å². The van der Waals surface area contributed by atoms with Gasteiger partial charge in [-0.3, -0.25) is 0 Å². The van der Waals surface area contributed by atoms with Crippen molar-refractivity contribution in [2.24, 2.45) is 0 Å². The molecule has 0 fully saturated rings. The first-order valence-corrected chi connectivity index (χ1v) is 9.59. The summed E-state index contributed by atoms with van der Waals surface area (Å²) < 4.78 is 38.5. The van der Waals surface area contributed by atoms with Gasteiger partial charge in [-0.15, -0.1) is 0 Å². The van der Waals surface area contributed by atoms with E-state index in [9.17, 15) is 13.2 Å². The molecule has 0 amide bonds. The maximum absolute atomic E-state index is 12.8. The molecule has 0 spiro atoms. The Labute approximate surface area is 163 Å². The largest absolute Gasteiger partial charge is 0.416 e. The SMILES string of the molecule is FC(F)(F)c1ccc(-c2ccccc2CN[C@H]2CCCc3ccccc32)cc1. The van der Waals surface area contributed by atoms with Crippen molar-refractivity contribution in [1.29, 1.82) is 0 Å². The average molecular weight is 381 g/mol. The molecule has 1 atom stereocenters. The van der Waals surface area contributed by atoms with E-state index in [4.69, 9.17) is 0 Å². The lowest BCUT2D eigenvalue weighted by molar-refractivity contribution is -0.137. The van der Waals surface area contributed by atoms with Gasteiger partial charge in [0.05, 0.1) is 5.56 Å². The molecule has 0 heterocycles. The molecule has 3 aromatic rings. The van der Waals surface area contributed by atoms with Crippen molar-refractivity contribution in [2.45, 2.75) is 38.0 Å². The second kappa shape index (κ2) is 7.80. The number of aryl methyl sites for hydroxylation is 1. The second-order valence-electron chi connectivity index (χ2n) is 7.26. The lowest BCUT2D eigenvalue weighted by Gasteiger charge is -2.27. The number of alkyl halides is 3. The molecule has 4 rings (SSSR count). The van der Waals surface area contributed by atoms with Crippen LogP contribution in [0.2, 0.25) is 0 Å². The third kappa shape index (κ3) is 3.97. The average Bonchev–Trinajstić information content (AvgIpc) is 2.72. The minimum absolute atomic E-state index is 0.311. The lowest BCUT2D eigenvalue weighted by Crippen LogP contribution is -2.25. The number of benzene rings is 3. The fourth-order valence-corrected chi connectivity index (χ4v) is 3.99. The van der Waals surface area contributed by atoms with Gasteiger partial charge in [-0.05, 0) is 59.2 Å². The van der Waals surface area contributed by atoms with Crippen LogP contribution in [0.1, 0.15) is 41.1 Å². The summed E-state index contributed by atoms with van der Waals surface area (Å²) in [4.78, 5) is 0. The van der Waals surface area contributed by atoms with Crippen molar-refractivity contribution in [3.05, 3.63) is 95.1 Å². The Morgan fingerprint density at radius 2 is 1.57 bits per heavy atom. The summed E-state index contributed by atoms with van der Waals surface area (Å²) in [5.41, 5.74) is 5.00. The van der Waals surface area contributed by atoms with Crippen LogP contribution in [0.15, 0.2) is 72.8 Å². The van der Waals surface area contributed by atoms with Gasteiger partial charge < -0.3 is 5.32 Å². The van der Waals surface area contributed by atoms with Crippen LogP contribution >= 0.6 is 0 Å². The Morgan fingerprint density at radius 3 is 2.36 bits per heavy atom. The standard InChI is InChI=1S/C24H22F3N/c25-24(26,27)20-14-12-18(13-15-20)21-9-3-2-7-19(21)16-28-23-11-5-8-17-6-1-4-10-22(17)23/h1-4,6-7,9-10,12-15,23,28H,5,8,11,16H2/t23-/m0/s1. The summed E-state index contributed by atoms with van der Waals surface area (Å²) in [5.74, 6) is 0. The summed E-state index contributed by atoms with van der Waals surface area (Å²) in [6.07, 6.45) is -0.931. The molecule has 0 aliphatic heterocycles. The number of halogens is 3. The van der Waals surface area contributed by atoms with Crippen molar-refractivity contribution >= 4 is 0 Å². The van der Waals surface area contributed by atoms with Crippen molar-refractivity contribution in [1.82, 2.24) is 5.32 Å². The number of hydrogen-bond donors (Lipinski definition) is 1. The van der Waals surface area contributed by atoms with E-state index in [-0.39, 0.29) is 0 Å². The summed E-state index contributed by atoms with van der Waals surface area (Å²) in [7, 11) is 0. The molecule has 1 nitrogen and oxygen atoms in total. The summed E-state index contributed by atoms with van der Waals surface area (Å²) in [5, 5.41) is 3.66. The molecule has 0 radical (unpaired) electrons. The predicted molar refractivity (Wildman–Crippen MR) is 106 cm³/mol. The van der Waals surface area contributed by atoms with E-state index in [1.165, 1.54) is 11.1 Å². The third-order valence-electron chi connectivity index (χ3n) is 5.45. The molecule has 1 aliphatic carbocycles. The zero-order chi connectivity index (χ0) is 19.6. The predicted octanol–water partition coefficient (Wildman–Crippen LogP) is 6.54. The van der Waals surface area contributed by atoms with E-state index in [1.54, 1.807) is 12.1 Å². The molecule has 1 aliphatic rings. The third-order valence-corrected chi connectivity index (χ3v) is 5.45. The number of nitrogens with one attached hydrogen (secondary N) is 1. The van der Waals surface area contributed by atoms with Gasteiger partial charge in [0.25, 0.3) is 0 Å². The van der Waals surface area contributed by atoms with Gasteiger partial charge in [0.1, 0.15) is 0 Å². The Balaban J connectivity index is 1.55. The highest BCUT2D eigenvalue weighted by molar-refractivity contribution is 5.67. The fraction of sp³-hybridized carbons (Fsp3) is 0.250. The molecule has 1 N–H and O–H groups in total. The van der Waals surface area contributed by atoms with Crippen LogP contribution in [0.4, 0.5) is 13.2 Å². The molecule has 0 aromatic heterocycles. The highest BCUT2D eigenvalue weighted by atomic mass is 19.4. The molecular formula is C24H22F3N. The number of rotatable bonds is 4. The molecule has 144 valence electrons. The normalized spacial score (nSPS) is 16.6. The van der Waals surface area contributed by atoms with E-state index in [0.29, 0.717) is 12.6 Å². The highest BCUT2D eigenvalue weighted by Gasteiger charge is 2.30. The number of fused-ring (bicyclic) bond motifs is 1. The van der Waals surface area contributed by atoms with Gasteiger partial charge in [0, 0.05) is 12.6 Å². The Kier molecular flexibility index (Phi) is 5.23. The zero-order valence-electron chi connectivity index (χ0n) is 15.5. The summed E-state index contributed by atoms with van der Waals surface area (Å²) in [6, 6.07) is 22.2. The van der Waals surface area contributed by atoms with Crippen molar-refractivity contribution in [3.63, 3.8) is 0 Å². The zero-order valence-corrected chi connectivity index (χ0v) is 15.5. The Hall–Kier alpha value is -2.59. The first-order chi connectivity index (χ1) is 13.5. The van der Waals surface area contributed by atoms with Crippen LogP contribution in [-0.2, 0) is 19.1 Å². The summed E-state index contributed by atoms with van der Waals surface area (Å²) in [6.45, 7) is 0.677. The smallest absolute Gasteiger partial charge is 0.306 e. The molecule has 0 unspecified atom stereocenters. The van der Waals surface area contributed by atoms with Crippen molar-refractivity contribution in [2.75, 3.05) is 0 Å². The minimum atomic E-state index is -4.31. The first kappa shape index (κ1) is 18.8. The first-order valence-electron chi connectivity index (χ1n) is 9.59. The van der Waals surface area contributed by atoms with Gasteiger partial charge in [-0.25, -0.2) is 0 Å².